The fraction of sp³-hybridized carbons (Fsp3) is 0.857. The van der Waals surface area contributed by atoms with Crippen molar-refractivity contribution in [3.63, 3.8) is 0 Å². The number of amides is 1. The third-order valence-corrected chi connectivity index (χ3v) is 5.37. The van der Waals surface area contributed by atoms with Gasteiger partial charge in [0.1, 0.15) is 5.41 Å². The standard InChI is InChI=1S/C14H22N2O4/c1-13(12(18)19)8-20-7-10(13)16-11(17)9-6-14(9)2-4-15-5-3-14/h9-10,15H,2-8H2,1H3,(H,16,17)(H,18,19). The maximum Gasteiger partial charge on any atom is 0.313 e. The number of carbonyl (C=O) groups is 2. The number of carbonyl (C=O) groups excluding carboxylic acids is 1. The highest BCUT2D eigenvalue weighted by atomic mass is 16.5. The molecule has 3 aliphatic rings. The molecule has 3 rings (SSSR count). The molecule has 2 aliphatic heterocycles. The second-order valence-electron chi connectivity index (χ2n) is 6.67. The number of carboxylic acid groups (broad SMARTS) is 1. The van der Waals surface area contributed by atoms with E-state index >= 15 is 0 Å². The SMILES string of the molecule is CC1(C(=O)O)COCC1NC(=O)C1CC12CCNCC2. The number of hydrogen-bond acceptors (Lipinski definition) is 4. The molecule has 6 heteroatoms. The molecule has 20 heavy (non-hydrogen) atoms. The predicted octanol–water partition coefficient (Wildman–Crippen LogP) is -0.0180. The molecular weight excluding hydrogens is 260 g/mol. The largest absolute Gasteiger partial charge is 0.481 e. The molecule has 3 unspecified atom stereocenters. The Morgan fingerprint density at radius 1 is 1.35 bits per heavy atom. The highest BCUT2D eigenvalue weighted by molar-refractivity contribution is 5.84. The van der Waals surface area contributed by atoms with Crippen LogP contribution in [0.4, 0.5) is 0 Å². The lowest BCUT2D eigenvalue weighted by Crippen LogP contribution is -2.50. The molecule has 1 aliphatic carbocycles. The Labute approximate surface area is 118 Å². The Morgan fingerprint density at radius 3 is 2.70 bits per heavy atom. The second kappa shape index (κ2) is 4.70. The average molecular weight is 282 g/mol. The highest BCUT2D eigenvalue weighted by Gasteiger charge is 2.58. The number of piperidine rings is 1. The Hall–Kier alpha value is -1.14. The van der Waals surface area contributed by atoms with Crippen molar-refractivity contribution in [2.75, 3.05) is 26.3 Å². The van der Waals surface area contributed by atoms with E-state index in [1.165, 1.54) is 0 Å². The molecule has 3 fully saturated rings. The summed E-state index contributed by atoms with van der Waals surface area (Å²) in [5.41, 5.74) is -0.833. The van der Waals surface area contributed by atoms with Gasteiger partial charge in [0.2, 0.25) is 5.91 Å². The van der Waals surface area contributed by atoms with Crippen LogP contribution >= 0.6 is 0 Å². The third kappa shape index (κ3) is 2.11. The van der Waals surface area contributed by atoms with E-state index in [1.807, 2.05) is 0 Å². The Morgan fingerprint density at radius 2 is 2.05 bits per heavy atom. The molecule has 1 amide bonds. The zero-order valence-electron chi connectivity index (χ0n) is 11.8. The molecule has 6 nitrogen and oxygen atoms in total. The lowest BCUT2D eigenvalue weighted by molar-refractivity contribution is -0.149. The molecule has 2 heterocycles. The summed E-state index contributed by atoms with van der Waals surface area (Å²) in [6.45, 7) is 4.04. The Kier molecular flexibility index (Phi) is 3.25. The molecule has 0 aromatic rings. The summed E-state index contributed by atoms with van der Waals surface area (Å²) < 4.78 is 5.27. The van der Waals surface area contributed by atoms with Gasteiger partial charge in [-0.15, -0.1) is 0 Å². The summed E-state index contributed by atoms with van der Waals surface area (Å²) in [4.78, 5) is 23.7. The summed E-state index contributed by atoms with van der Waals surface area (Å²) in [7, 11) is 0. The van der Waals surface area contributed by atoms with Crippen LogP contribution in [0.2, 0.25) is 0 Å². The van der Waals surface area contributed by atoms with Crippen molar-refractivity contribution in [2.45, 2.75) is 32.2 Å². The van der Waals surface area contributed by atoms with Crippen molar-refractivity contribution in [1.29, 1.82) is 0 Å². The van der Waals surface area contributed by atoms with Crippen LogP contribution in [0.15, 0.2) is 0 Å². The first-order valence-corrected chi connectivity index (χ1v) is 7.30. The van der Waals surface area contributed by atoms with Crippen LogP contribution in [0.3, 0.4) is 0 Å². The summed E-state index contributed by atoms with van der Waals surface area (Å²) in [5, 5.41) is 15.5. The van der Waals surface area contributed by atoms with Gasteiger partial charge >= 0.3 is 5.97 Å². The fourth-order valence-electron chi connectivity index (χ4n) is 3.55. The zero-order valence-corrected chi connectivity index (χ0v) is 11.8. The second-order valence-corrected chi connectivity index (χ2v) is 6.67. The normalized spacial score (nSPS) is 38.6. The van der Waals surface area contributed by atoms with Gasteiger partial charge in [-0.2, -0.15) is 0 Å². The van der Waals surface area contributed by atoms with Crippen molar-refractivity contribution in [3.8, 4) is 0 Å². The summed E-state index contributed by atoms with van der Waals surface area (Å²) in [6.07, 6.45) is 3.03. The number of carboxylic acids is 1. The lowest BCUT2D eigenvalue weighted by atomic mass is 9.85. The molecular formula is C14H22N2O4. The Bertz CT molecular complexity index is 433. The zero-order chi connectivity index (χ0) is 14.4. The minimum atomic E-state index is -1.01. The van der Waals surface area contributed by atoms with Crippen molar-refractivity contribution in [1.82, 2.24) is 10.6 Å². The first-order valence-electron chi connectivity index (χ1n) is 7.30. The number of aliphatic carboxylic acids is 1. The van der Waals surface area contributed by atoms with Gasteiger partial charge in [-0.3, -0.25) is 9.59 Å². The van der Waals surface area contributed by atoms with E-state index in [2.05, 4.69) is 10.6 Å². The minimum absolute atomic E-state index is 0.00914. The van der Waals surface area contributed by atoms with Crippen LogP contribution in [0.1, 0.15) is 26.2 Å². The van der Waals surface area contributed by atoms with Gasteiger partial charge in [0.15, 0.2) is 0 Å². The lowest BCUT2D eigenvalue weighted by Gasteiger charge is -2.27. The van der Waals surface area contributed by atoms with E-state index in [-0.39, 0.29) is 30.5 Å². The van der Waals surface area contributed by atoms with E-state index < -0.39 is 17.4 Å². The maximum atomic E-state index is 12.4. The van der Waals surface area contributed by atoms with E-state index in [0.717, 1.165) is 32.4 Å². The molecule has 112 valence electrons. The first kappa shape index (κ1) is 13.8. The van der Waals surface area contributed by atoms with Crippen LogP contribution in [0.25, 0.3) is 0 Å². The quantitative estimate of drug-likeness (QED) is 0.677. The van der Waals surface area contributed by atoms with E-state index in [1.54, 1.807) is 6.92 Å². The molecule has 0 bridgehead atoms. The van der Waals surface area contributed by atoms with Crippen molar-refractivity contribution >= 4 is 11.9 Å². The van der Waals surface area contributed by atoms with Gasteiger partial charge in [0.25, 0.3) is 0 Å². The molecule has 0 aromatic heterocycles. The molecule has 3 N–H and O–H groups in total. The van der Waals surface area contributed by atoms with Gasteiger partial charge in [-0.1, -0.05) is 0 Å². The molecule has 1 saturated carbocycles. The monoisotopic (exact) mass is 282 g/mol. The molecule has 2 saturated heterocycles. The van der Waals surface area contributed by atoms with Gasteiger partial charge in [-0.05, 0) is 44.7 Å². The highest BCUT2D eigenvalue weighted by Crippen LogP contribution is 2.58. The number of hydrogen-bond donors (Lipinski definition) is 3. The maximum absolute atomic E-state index is 12.4. The van der Waals surface area contributed by atoms with Crippen LogP contribution < -0.4 is 10.6 Å². The number of nitrogens with one attached hydrogen (secondary N) is 2. The van der Waals surface area contributed by atoms with Gasteiger partial charge < -0.3 is 20.5 Å². The van der Waals surface area contributed by atoms with Crippen LogP contribution in [-0.4, -0.2) is 49.3 Å². The van der Waals surface area contributed by atoms with Crippen molar-refractivity contribution in [2.24, 2.45) is 16.7 Å². The average Bonchev–Trinajstić information content (AvgIpc) is 2.97. The molecule has 0 radical (unpaired) electrons. The van der Waals surface area contributed by atoms with Gasteiger partial charge in [-0.25, -0.2) is 0 Å². The van der Waals surface area contributed by atoms with Gasteiger partial charge in [0.05, 0.1) is 19.3 Å². The smallest absolute Gasteiger partial charge is 0.313 e. The fourth-order valence-corrected chi connectivity index (χ4v) is 3.55. The van der Waals surface area contributed by atoms with E-state index in [9.17, 15) is 14.7 Å². The van der Waals surface area contributed by atoms with E-state index in [0.29, 0.717) is 0 Å². The van der Waals surface area contributed by atoms with Crippen LogP contribution in [-0.2, 0) is 14.3 Å². The first-order chi connectivity index (χ1) is 9.48. The molecule has 1 spiro atoms. The van der Waals surface area contributed by atoms with Crippen LogP contribution in [0.5, 0.6) is 0 Å². The number of ether oxygens (including phenoxy) is 1. The summed E-state index contributed by atoms with van der Waals surface area (Å²) in [6, 6.07) is -0.424. The number of rotatable bonds is 3. The molecule has 0 aromatic carbocycles. The van der Waals surface area contributed by atoms with Crippen molar-refractivity contribution in [3.05, 3.63) is 0 Å². The topological polar surface area (TPSA) is 87.7 Å². The summed E-state index contributed by atoms with van der Waals surface area (Å²) >= 11 is 0. The summed E-state index contributed by atoms with van der Waals surface area (Å²) in [5.74, 6) is -0.842. The third-order valence-electron chi connectivity index (χ3n) is 5.37. The predicted molar refractivity (Wildman–Crippen MR) is 71.1 cm³/mol. The Balaban J connectivity index is 1.61. The molecule has 3 atom stereocenters. The van der Waals surface area contributed by atoms with E-state index in [4.69, 9.17) is 4.74 Å². The van der Waals surface area contributed by atoms with Gasteiger partial charge in [0, 0.05) is 5.92 Å². The van der Waals surface area contributed by atoms with Crippen LogP contribution in [0, 0.1) is 16.7 Å². The minimum Gasteiger partial charge on any atom is -0.481 e. The van der Waals surface area contributed by atoms with Crippen molar-refractivity contribution < 1.29 is 19.4 Å².